The number of nitrogens with one attached hydrogen (secondary N) is 1. The molecule has 5 heteroatoms. The minimum Gasteiger partial charge on any atom is -0.338 e. The Hall–Kier alpha value is -1.20. The SMILES string of the molecule is O=C(NCCc1ccccc1)N1CCCSC[C@@H]1CN1CCCC1. The minimum atomic E-state index is 0.123. The number of urea groups is 1. The maximum Gasteiger partial charge on any atom is 0.317 e. The second-order valence-corrected chi connectivity index (χ2v) is 7.90. The summed E-state index contributed by atoms with van der Waals surface area (Å²) in [5.41, 5.74) is 1.28. The van der Waals surface area contributed by atoms with Crippen LogP contribution in [-0.4, -0.2) is 66.1 Å². The molecule has 0 unspecified atom stereocenters. The van der Waals surface area contributed by atoms with Crippen molar-refractivity contribution >= 4 is 17.8 Å². The van der Waals surface area contributed by atoms with Crippen LogP contribution in [0.25, 0.3) is 0 Å². The molecule has 1 atom stereocenters. The number of carbonyl (C=O) groups is 1. The van der Waals surface area contributed by atoms with E-state index in [0.29, 0.717) is 12.6 Å². The van der Waals surface area contributed by atoms with Gasteiger partial charge in [0.25, 0.3) is 0 Å². The molecule has 0 aromatic heterocycles. The molecule has 0 radical (unpaired) electrons. The third-order valence-electron chi connectivity index (χ3n) is 4.90. The summed E-state index contributed by atoms with van der Waals surface area (Å²) in [6, 6.07) is 10.8. The molecule has 2 aliphatic rings. The van der Waals surface area contributed by atoms with E-state index >= 15 is 0 Å². The predicted octanol–water partition coefficient (Wildman–Crippen LogP) is 2.84. The third kappa shape index (κ3) is 5.15. The van der Waals surface area contributed by atoms with Crippen LogP contribution in [0.4, 0.5) is 4.79 Å². The Bertz CT molecular complexity index is 505. The molecule has 1 aromatic rings. The van der Waals surface area contributed by atoms with E-state index in [0.717, 1.165) is 31.7 Å². The first-order chi connectivity index (χ1) is 11.8. The lowest BCUT2D eigenvalue weighted by Crippen LogP contribution is -2.51. The number of hydrogen-bond acceptors (Lipinski definition) is 3. The number of carbonyl (C=O) groups excluding carboxylic acids is 1. The summed E-state index contributed by atoms with van der Waals surface area (Å²) >= 11 is 2.00. The van der Waals surface area contributed by atoms with Gasteiger partial charge in [-0.25, -0.2) is 4.79 Å². The van der Waals surface area contributed by atoms with Crippen molar-refractivity contribution in [2.24, 2.45) is 0 Å². The van der Waals surface area contributed by atoms with Gasteiger partial charge >= 0.3 is 6.03 Å². The molecule has 2 heterocycles. The normalized spacial score (nSPS) is 22.3. The van der Waals surface area contributed by atoms with Crippen molar-refractivity contribution in [3.05, 3.63) is 35.9 Å². The van der Waals surface area contributed by atoms with Gasteiger partial charge in [0.2, 0.25) is 0 Å². The second-order valence-electron chi connectivity index (χ2n) is 6.75. The average molecular weight is 348 g/mol. The highest BCUT2D eigenvalue weighted by atomic mass is 32.2. The fourth-order valence-electron chi connectivity index (χ4n) is 3.57. The summed E-state index contributed by atoms with van der Waals surface area (Å²) in [5, 5.41) is 3.14. The van der Waals surface area contributed by atoms with Crippen LogP contribution in [0.15, 0.2) is 30.3 Å². The molecule has 1 N–H and O–H groups in total. The van der Waals surface area contributed by atoms with Gasteiger partial charge < -0.3 is 15.1 Å². The zero-order valence-electron chi connectivity index (χ0n) is 14.5. The monoisotopic (exact) mass is 347 g/mol. The standard InChI is InChI=1S/C19H29N3OS/c23-19(20-10-9-17-7-2-1-3-8-17)22-13-6-14-24-16-18(22)15-21-11-4-5-12-21/h1-3,7-8,18H,4-6,9-16H2,(H,20,23)/t18-/m0/s1. The Morgan fingerprint density at radius 2 is 1.92 bits per heavy atom. The zero-order valence-corrected chi connectivity index (χ0v) is 15.3. The smallest absolute Gasteiger partial charge is 0.317 e. The van der Waals surface area contributed by atoms with Crippen LogP contribution in [0.3, 0.4) is 0 Å². The summed E-state index contributed by atoms with van der Waals surface area (Å²) in [6.07, 6.45) is 4.62. The first kappa shape index (κ1) is 17.6. The van der Waals surface area contributed by atoms with E-state index in [2.05, 4.69) is 39.4 Å². The molecule has 2 amide bonds. The van der Waals surface area contributed by atoms with Crippen molar-refractivity contribution in [1.29, 1.82) is 0 Å². The number of thioether (sulfide) groups is 1. The molecule has 2 aliphatic heterocycles. The van der Waals surface area contributed by atoms with Gasteiger partial charge in [-0.2, -0.15) is 11.8 Å². The van der Waals surface area contributed by atoms with Crippen molar-refractivity contribution < 1.29 is 4.79 Å². The van der Waals surface area contributed by atoms with E-state index in [1.807, 2.05) is 17.8 Å². The molecule has 0 bridgehead atoms. The van der Waals surface area contributed by atoms with E-state index in [9.17, 15) is 4.79 Å². The highest BCUT2D eigenvalue weighted by molar-refractivity contribution is 7.99. The number of benzene rings is 1. The quantitative estimate of drug-likeness (QED) is 0.890. The van der Waals surface area contributed by atoms with Crippen LogP contribution in [-0.2, 0) is 6.42 Å². The third-order valence-corrected chi connectivity index (χ3v) is 6.10. The first-order valence-corrected chi connectivity index (χ1v) is 10.4. The van der Waals surface area contributed by atoms with Gasteiger partial charge in [-0.3, -0.25) is 0 Å². The van der Waals surface area contributed by atoms with Crippen LogP contribution in [0.1, 0.15) is 24.8 Å². The van der Waals surface area contributed by atoms with Gasteiger partial charge in [-0.15, -0.1) is 0 Å². The molecule has 1 aromatic carbocycles. The fraction of sp³-hybridized carbons (Fsp3) is 0.632. The lowest BCUT2D eigenvalue weighted by molar-refractivity contribution is 0.162. The Balaban J connectivity index is 1.51. The van der Waals surface area contributed by atoms with E-state index in [1.165, 1.54) is 37.2 Å². The van der Waals surface area contributed by atoms with E-state index in [-0.39, 0.29) is 6.03 Å². The molecule has 0 aliphatic carbocycles. The first-order valence-electron chi connectivity index (χ1n) is 9.21. The Morgan fingerprint density at radius 1 is 1.12 bits per heavy atom. The van der Waals surface area contributed by atoms with Gasteiger partial charge in [0, 0.05) is 25.4 Å². The number of rotatable bonds is 5. The average Bonchev–Trinajstić information content (AvgIpc) is 3.00. The van der Waals surface area contributed by atoms with E-state index in [1.54, 1.807) is 0 Å². The molecular formula is C19H29N3OS. The number of amides is 2. The van der Waals surface area contributed by atoms with Gasteiger partial charge in [0.1, 0.15) is 0 Å². The second kappa shape index (κ2) is 9.33. The summed E-state index contributed by atoms with van der Waals surface area (Å²) < 4.78 is 0. The van der Waals surface area contributed by atoms with Crippen molar-refractivity contribution in [2.75, 3.05) is 44.2 Å². The van der Waals surface area contributed by atoms with Crippen LogP contribution < -0.4 is 5.32 Å². The zero-order chi connectivity index (χ0) is 16.6. The van der Waals surface area contributed by atoms with Crippen molar-refractivity contribution in [3.8, 4) is 0 Å². The van der Waals surface area contributed by atoms with Gasteiger partial charge in [0.15, 0.2) is 0 Å². The summed E-state index contributed by atoms with van der Waals surface area (Å²) in [4.78, 5) is 17.3. The highest BCUT2D eigenvalue weighted by Crippen LogP contribution is 2.19. The van der Waals surface area contributed by atoms with Crippen molar-refractivity contribution in [3.63, 3.8) is 0 Å². The fourth-order valence-corrected chi connectivity index (χ4v) is 4.63. The lowest BCUT2D eigenvalue weighted by Gasteiger charge is -2.32. The van der Waals surface area contributed by atoms with Crippen LogP contribution in [0.5, 0.6) is 0 Å². The predicted molar refractivity (Wildman–Crippen MR) is 102 cm³/mol. The molecule has 3 rings (SSSR count). The molecule has 2 fully saturated rings. The van der Waals surface area contributed by atoms with E-state index in [4.69, 9.17) is 0 Å². The minimum absolute atomic E-state index is 0.123. The lowest BCUT2D eigenvalue weighted by atomic mass is 10.1. The van der Waals surface area contributed by atoms with E-state index < -0.39 is 0 Å². The molecular weight excluding hydrogens is 318 g/mol. The number of nitrogens with zero attached hydrogens (tertiary/aromatic N) is 2. The summed E-state index contributed by atoms with van der Waals surface area (Å²) in [5.74, 6) is 2.24. The number of likely N-dealkylation sites (tertiary alicyclic amines) is 1. The van der Waals surface area contributed by atoms with Gasteiger partial charge in [-0.1, -0.05) is 30.3 Å². The van der Waals surface area contributed by atoms with Crippen molar-refractivity contribution in [1.82, 2.24) is 15.1 Å². The maximum atomic E-state index is 12.7. The van der Waals surface area contributed by atoms with Gasteiger partial charge in [0.05, 0.1) is 6.04 Å². The largest absolute Gasteiger partial charge is 0.338 e. The molecule has 24 heavy (non-hydrogen) atoms. The van der Waals surface area contributed by atoms with Gasteiger partial charge in [-0.05, 0) is 50.1 Å². The highest BCUT2D eigenvalue weighted by Gasteiger charge is 2.28. The summed E-state index contributed by atoms with van der Waals surface area (Å²) in [6.45, 7) is 5.04. The Kier molecular flexibility index (Phi) is 6.85. The van der Waals surface area contributed by atoms with Crippen LogP contribution in [0, 0.1) is 0 Å². The van der Waals surface area contributed by atoms with Crippen LogP contribution in [0.2, 0.25) is 0 Å². The summed E-state index contributed by atoms with van der Waals surface area (Å²) in [7, 11) is 0. The van der Waals surface area contributed by atoms with Crippen molar-refractivity contribution in [2.45, 2.75) is 31.7 Å². The Labute approximate surface area is 150 Å². The molecule has 4 nitrogen and oxygen atoms in total. The maximum absolute atomic E-state index is 12.7. The topological polar surface area (TPSA) is 35.6 Å². The number of hydrogen-bond donors (Lipinski definition) is 1. The Morgan fingerprint density at radius 3 is 2.71 bits per heavy atom. The molecule has 2 saturated heterocycles. The molecule has 0 saturated carbocycles. The molecule has 132 valence electrons. The molecule has 0 spiro atoms. The van der Waals surface area contributed by atoms with Crippen LogP contribution >= 0.6 is 11.8 Å².